The van der Waals surface area contributed by atoms with Crippen molar-refractivity contribution in [3.05, 3.63) is 36.5 Å². The third-order valence-corrected chi connectivity index (χ3v) is 1.09. The van der Waals surface area contributed by atoms with Gasteiger partial charge in [-0.3, -0.25) is 0 Å². The molecule has 0 aliphatic heterocycles. The van der Waals surface area contributed by atoms with Crippen molar-refractivity contribution in [1.82, 2.24) is 0 Å². The molecular formula is C8H9F3. The lowest BCUT2D eigenvalue weighted by Crippen LogP contribution is -2.08. The van der Waals surface area contributed by atoms with E-state index >= 15 is 0 Å². The summed E-state index contributed by atoms with van der Waals surface area (Å²) in [5, 5.41) is 0. The van der Waals surface area contributed by atoms with Crippen LogP contribution in [0.2, 0.25) is 0 Å². The van der Waals surface area contributed by atoms with E-state index in [0.717, 1.165) is 6.08 Å². The Morgan fingerprint density at radius 1 is 1.36 bits per heavy atom. The molecule has 0 unspecified atom stereocenters. The van der Waals surface area contributed by atoms with Gasteiger partial charge in [-0.15, -0.1) is 0 Å². The highest BCUT2D eigenvalue weighted by Gasteiger charge is 2.29. The summed E-state index contributed by atoms with van der Waals surface area (Å²) >= 11 is 0. The van der Waals surface area contributed by atoms with Crippen molar-refractivity contribution in [1.29, 1.82) is 0 Å². The molecule has 0 nitrogen and oxygen atoms in total. The Bertz CT molecular complexity index is 196. The van der Waals surface area contributed by atoms with Crippen LogP contribution in [0.25, 0.3) is 0 Å². The first-order chi connectivity index (χ1) is 4.88. The van der Waals surface area contributed by atoms with Crippen LogP contribution in [0.4, 0.5) is 13.2 Å². The molecule has 0 amide bonds. The van der Waals surface area contributed by atoms with Crippen molar-refractivity contribution in [2.75, 3.05) is 0 Å². The van der Waals surface area contributed by atoms with Crippen molar-refractivity contribution in [2.45, 2.75) is 13.1 Å². The van der Waals surface area contributed by atoms with E-state index in [2.05, 4.69) is 13.2 Å². The quantitative estimate of drug-likeness (QED) is 0.547. The second-order valence-electron chi connectivity index (χ2n) is 2.12. The first kappa shape index (κ1) is 10.0. The van der Waals surface area contributed by atoms with Gasteiger partial charge in [0.1, 0.15) is 0 Å². The summed E-state index contributed by atoms with van der Waals surface area (Å²) in [5.41, 5.74) is -0.401. The van der Waals surface area contributed by atoms with Gasteiger partial charge in [0, 0.05) is 5.57 Å². The van der Waals surface area contributed by atoms with Gasteiger partial charge in [0.2, 0.25) is 0 Å². The summed E-state index contributed by atoms with van der Waals surface area (Å²) < 4.78 is 35.3. The zero-order valence-electron chi connectivity index (χ0n) is 6.20. The minimum absolute atomic E-state index is 0.451. The number of hydrogen-bond donors (Lipinski definition) is 0. The van der Waals surface area contributed by atoms with Gasteiger partial charge in [-0.2, -0.15) is 13.2 Å². The van der Waals surface area contributed by atoms with Gasteiger partial charge in [-0.05, 0) is 13.0 Å². The van der Waals surface area contributed by atoms with Crippen molar-refractivity contribution in [2.24, 2.45) is 0 Å². The second kappa shape index (κ2) is 3.42. The number of halogens is 3. The van der Waals surface area contributed by atoms with Crippen LogP contribution < -0.4 is 0 Å². The zero-order chi connectivity index (χ0) is 9.07. The topological polar surface area (TPSA) is 0 Å². The Hall–Kier alpha value is -0.990. The lowest BCUT2D eigenvalue weighted by atomic mass is 10.2. The average Bonchev–Trinajstić information content (AvgIpc) is 1.85. The van der Waals surface area contributed by atoms with E-state index in [0.29, 0.717) is 5.57 Å². The fourth-order valence-corrected chi connectivity index (χ4v) is 0.416. The van der Waals surface area contributed by atoms with E-state index in [1.54, 1.807) is 0 Å². The monoisotopic (exact) mass is 162 g/mol. The number of allylic oxidation sites excluding steroid dienone is 4. The summed E-state index contributed by atoms with van der Waals surface area (Å²) in [7, 11) is 0. The second-order valence-corrected chi connectivity index (χ2v) is 2.12. The smallest absolute Gasteiger partial charge is 0.166 e. The first-order valence-corrected chi connectivity index (χ1v) is 2.94. The molecule has 0 heterocycles. The molecule has 0 saturated carbocycles. The van der Waals surface area contributed by atoms with E-state index in [1.807, 2.05) is 0 Å². The van der Waals surface area contributed by atoms with E-state index in [-0.39, 0.29) is 0 Å². The molecule has 0 radical (unpaired) electrons. The average molecular weight is 162 g/mol. The van der Waals surface area contributed by atoms with Gasteiger partial charge in [0.15, 0.2) is 0 Å². The van der Waals surface area contributed by atoms with Crippen LogP contribution in [-0.2, 0) is 0 Å². The largest absolute Gasteiger partial charge is 0.415 e. The number of rotatable bonds is 2. The Morgan fingerprint density at radius 3 is 2.09 bits per heavy atom. The summed E-state index contributed by atoms with van der Waals surface area (Å²) in [6.07, 6.45) is -2.03. The van der Waals surface area contributed by atoms with Gasteiger partial charge >= 0.3 is 6.18 Å². The summed E-state index contributed by atoms with van der Waals surface area (Å²) in [4.78, 5) is 0. The Kier molecular flexibility index (Phi) is 3.11. The minimum Gasteiger partial charge on any atom is -0.166 e. The standard InChI is InChI=1S/C8H9F3/c1-4-6(2)5-7(3)8(9,10)11/h4-5H,1,3H2,2H3/b6-5-. The van der Waals surface area contributed by atoms with Gasteiger partial charge in [-0.1, -0.05) is 24.8 Å². The molecule has 0 aliphatic rings. The molecule has 0 aromatic rings. The van der Waals surface area contributed by atoms with Crippen molar-refractivity contribution in [3.63, 3.8) is 0 Å². The molecule has 0 aliphatic carbocycles. The molecule has 0 bridgehead atoms. The highest BCUT2D eigenvalue weighted by molar-refractivity contribution is 5.28. The summed E-state index contributed by atoms with van der Waals surface area (Å²) in [5.74, 6) is 0. The third kappa shape index (κ3) is 3.65. The molecule has 0 aromatic carbocycles. The normalized spacial score (nSPS) is 12.9. The van der Waals surface area contributed by atoms with E-state index in [9.17, 15) is 13.2 Å². The maximum atomic E-state index is 11.8. The Morgan fingerprint density at radius 2 is 1.82 bits per heavy atom. The van der Waals surface area contributed by atoms with Crippen molar-refractivity contribution >= 4 is 0 Å². The maximum Gasteiger partial charge on any atom is 0.415 e. The molecule has 0 saturated heterocycles. The van der Waals surface area contributed by atoms with Gasteiger partial charge in [0.05, 0.1) is 0 Å². The van der Waals surface area contributed by atoms with Crippen LogP contribution in [0.15, 0.2) is 36.5 Å². The highest BCUT2D eigenvalue weighted by Crippen LogP contribution is 2.25. The number of alkyl halides is 3. The summed E-state index contributed by atoms with van der Waals surface area (Å²) in [6, 6.07) is 0. The molecule has 0 rings (SSSR count). The Labute approximate surface area is 63.7 Å². The van der Waals surface area contributed by atoms with E-state index in [1.165, 1.54) is 13.0 Å². The summed E-state index contributed by atoms with van der Waals surface area (Å²) in [6.45, 7) is 7.72. The molecule has 0 atom stereocenters. The molecule has 0 N–H and O–H groups in total. The minimum atomic E-state index is -4.33. The SMILES string of the molecule is C=C/C(C)=C\C(=C)C(F)(F)F. The number of hydrogen-bond acceptors (Lipinski definition) is 0. The van der Waals surface area contributed by atoms with Crippen LogP contribution >= 0.6 is 0 Å². The first-order valence-electron chi connectivity index (χ1n) is 2.94. The van der Waals surface area contributed by atoms with Crippen LogP contribution in [0.3, 0.4) is 0 Å². The molecule has 3 heteroatoms. The highest BCUT2D eigenvalue weighted by atomic mass is 19.4. The predicted octanol–water partition coefficient (Wildman–Crippen LogP) is 3.24. The van der Waals surface area contributed by atoms with Crippen molar-refractivity contribution in [3.8, 4) is 0 Å². The Balaban J connectivity index is 4.42. The molecular weight excluding hydrogens is 153 g/mol. The molecule has 0 aromatic heterocycles. The maximum absolute atomic E-state index is 11.8. The zero-order valence-corrected chi connectivity index (χ0v) is 6.20. The van der Waals surface area contributed by atoms with Gasteiger partial charge in [-0.25, -0.2) is 0 Å². The predicted molar refractivity (Wildman–Crippen MR) is 39.1 cm³/mol. The van der Waals surface area contributed by atoms with Crippen LogP contribution in [0.5, 0.6) is 0 Å². The molecule has 11 heavy (non-hydrogen) atoms. The fraction of sp³-hybridized carbons (Fsp3) is 0.250. The van der Waals surface area contributed by atoms with E-state index in [4.69, 9.17) is 0 Å². The molecule has 0 spiro atoms. The fourth-order valence-electron chi connectivity index (χ4n) is 0.416. The molecule has 62 valence electrons. The molecule has 0 fully saturated rings. The van der Waals surface area contributed by atoms with Crippen LogP contribution in [0.1, 0.15) is 6.92 Å². The van der Waals surface area contributed by atoms with Gasteiger partial charge < -0.3 is 0 Å². The lowest BCUT2D eigenvalue weighted by Gasteiger charge is -2.05. The van der Waals surface area contributed by atoms with Crippen LogP contribution in [-0.4, -0.2) is 6.18 Å². The van der Waals surface area contributed by atoms with Crippen LogP contribution in [0, 0.1) is 0 Å². The van der Waals surface area contributed by atoms with Gasteiger partial charge in [0.25, 0.3) is 0 Å². The van der Waals surface area contributed by atoms with E-state index < -0.39 is 11.7 Å². The van der Waals surface area contributed by atoms with Crippen molar-refractivity contribution < 1.29 is 13.2 Å². The third-order valence-electron chi connectivity index (χ3n) is 1.09. The lowest BCUT2D eigenvalue weighted by molar-refractivity contribution is -0.0878.